The second-order valence-corrected chi connectivity index (χ2v) is 3.72. The van der Waals surface area contributed by atoms with E-state index in [9.17, 15) is 4.79 Å². The molecular formula is C11H14N4O2. The van der Waals surface area contributed by atoms with E-state index in [1.54, 1.807) is 12.1 Å². The maximum atomic E-state index is 10.9. The number of fused-ring (bicyclic) bond motifs is 1. The molecule has 2 N–H and O–H groups in total. The van der Waals surface area contributed by atoms with Crippen LogP contribution in [0, 0.1) is 0 Å². The van der Waals surface area contributed by atoms with Gasteiger partial charge in [0.2, 0.25) is 0 Å². The van der Waals surface area contributed by atoms with Crippen molar-refractivity contribution >= 4 is 17.4 Å². The molecule has 2 aromatic rings. The first-order valence-electron chi connectivity index (χ1n) is 5.54. The Kier molecular flexibility index (Phi) is 3.22. The largest absolute Gasteiger partial charge is 0.476 e. The van der Waals surface area contributed by atoms with Gasteiger partial charge in [-0.15, -0.1) is 5.10 Å². The molecule has 0 aliphatic rings. The summed E-state index contributed by atoms with van der Waals surface area (Å²) < 4.78 is 1.33. The molecule has 2 rings (SSSR count). The number of aromatic nitrogens is 3. The number of rotatable bonds is 5. The first kappa shape index (κ1) is 11.4. The summed E-state index contributed by atoms with van der Waals surface area (Å²) in [6.45, 7) is 2.93. The highest BCUT2D eigenvalue weighted by Gasteiger charge is 2.11. The molecule has 0 saturated heterocycles. The zero-order valence-electron chi connectivity index (χ0n) is 9.55. The molecule has 2 aromatic heterocycles. The SMILES string of the molecule is CCCCNc1ccc2ncc(C(=O)O)n2n1. The fraction of sp³-hybridized carbons (Fsp3) is 0.364. The van der Waals surface area contributed by atoms with Gasteiger partial charge in [0, 0.05) is 6.54 Å². The molecule has 17 heavy (non-hydrogen) atoms. The minimum atomic E-state index is -1.03. The summed E-state index contributed by atoms with van der Waals surface area (Å²) >= 11 is 0. The molecule has 0 atom stereocenters. The monoisotopic (exact) mass is 234 g/mol. The molecule has 0 amide bonds. The van der Waals surface area contributed by atoms with Gasteiger partial charge < -0.3 is 10.4 Å². The summed E-state index contributed by atoms with van der Waals surface area (Å²) in [6, 6.07) is 3.54. The number of carboxylic acids is 1. The van der Waals surface area contributed by atoms with Crippen LogP contribution in [0.2, 0.25) is 0 Å². The maximum absolute atomic E-state index is 10.9. The van der Waals surface area contributed by atoms with E-state index in [-0.39, 0.29) is 5.69 Å². The molecular weight excluding hydrogens is 220 g/mol. The summed E-state index contributed by atoms with van der Waals surface area (Å²) in [4.78, 5) is 14.9. The van der Waals surface area contributed by atoms with E-state index in [0.717, 1.165) is 19.4 Å². The van der Waals surface area contributed by atoms with Gasteiger partial charge in [0.1, 0.15) is 5.82 Å². The normalized spacial score (nSPS) is 10.6. The molecule has 6 heteroatoms. The minimum Gasteiger partial charge on any atom is -0.476 e. The van der Waals surface area contributed by atoms with E-state index in [4.69, 9.17) is 5.11 Å². The Morgan fingerprint density at radius 2 is 2.35 bits per heavy atom. The number of unbranched alkanes of at least 4 members (excludes halogenated alkanes) is 1. The van der Waals surface area contributed by atoms with Gasteiger partial charge in [-0.2, -0.15) is 0 Å². The lowest BCUT2D eigenvalue weighted by atomic mass is 10.3. The molecule has 6 nitrogen and oxygen atoms in total. The van der Waals surface area contributed by atoms with Crippen LogP contribution in [0.5, 0.6) is 0 Å². The average Bonchev–Trinajstić information content (AvgIpc) is 2.72. The van der Waals surface area contributed by atoms with E-state index in [1.807, 2.05) is 0 Å². The van der Waals surface area contributed by atoms with E-state index in [2.05, 4.69) is 22.3 Å². The van der Waals surface area contributed by atoms with Crippen molar-refractivity contribution in [2.24, 2.45) is 0 Å². The topological polar surface area (TPSA) is 79.5 Å². The van der Waals surface area contributed by atoms with Crippen LogP contribution in [-0.4, -0.2) is 32.2 Å². The second-order valence-electron chi connectivity index (χ2n) is 3.72. The highest BCUT2D eigenvalue weighted by atomic mass is 16.4. The predicted molar refractivity (Wildman–Crippen MR) is 63.3 cm³/mol. The van der Waals surface area contributed by atoms with E-state index >= 15 is 0 Å². The Morgan fingerprint density at radius 1 is 1.53 bits per heavy atom. The minimum absolute atomic E-state index is 0.0686. The van der Waals surface area contributed by atoms with Crippen molar-refractivity contribution < 1.29 is 9.90 Å². The molecule has 0 radical (unpaired) electrons. The Balaban J connectivity index is 2.28. The number of nitrogens with zero attached hydrogens (tertiary/aromatic N) is 3. The molecule has 0 aliphatic carbocycles. The zero-order chi connectivity index (χ0) is 12.3. The van der Waals surface area contributed by atoms with Gasteiger partial charge in [-0.05, 0) is 18.6 Å². The van der Waals surface area contributed by atoms with Crippen molar-refractivity contribution in [3.05, 3.63) is 24.0 Å². The number of hydrogen-bond donors (Lipinski definition) is 2. The lowest BCUT2D eigenvalue weighted by molar-refractivity contribution is 0.0688. The van der Waals surface area contributed by atoms with Crippen LogP contribution >= 0.6 is 0 Å². The van der Waals surface area contributed by atoms with Crippen LogP contribution in [0.1, 0.15) is 30.3 Å². The fourth-order valence-electron chi connectivity index (χ4n) is 1.51. The lowest BCUT2D eigenvalue weighted by Crippen LogP contribution is -2.08. The first-order chi connectivity index (χ1) is 8.22. The summed E-state index contributed by atoms with van der Waals surface area (Å²) in [5.74, 6) is -0.373. The first-order valence-corrected chi connectivity index (χ1v) is 5.54. The van der Waals surface area contributed by atoms with Gasteiger partial charge in [0.15, 0.2) is 11.3 Å². The average molecular weight is 234 g/mol. The van der Waals surface area contributed by atoms with Gasteiger partial charge in [0.05, 0.1) is 6.20 Å². The maximum Gasteiger partial charge on any atom is 0.356 e. The van der Waals surface area contributed by atoms with Crippen LogP contribution in [0.25, 0.3) is 5.65 Å². The third-order valence-electron chi connectivity index (χ3n) is 2.42. The third-order valence-corrected chi connectivity index (χ3v) is 2.42. The molecule has 0 aliphatic heterocycles. The van der Waals surface area contributed by atoms with Gasteiger partial charge in [-0.3, -0.25) is 0 Å². The molecule has 0 unspecified atom stereocenters. The number of nitrogens with one attached hydrogen (secondary N) is 1. The Bertz CT molecular complexity index is 535. The van der Waals surface area contributed by atoms with Gasteiger partial charge in [-0.25, -0.2) is 14.3 Å². The van der Waals surface area contributed by atoms with Crippen LogP contribution in [-0.2, 0) is 0 Å². The van der Waals surface area contributed by atoms with Gasteiger partial charge in [-0.1, -0.05) is 13.3 Å². The van der Waals surface area contributed by atoms with Crippen molar-refractivity contribution in [3.63, 3.8) is 0 Å². The summed E-state index contributed by atoms with van der Waals surface area (Å²) in [7, 11) is 0. The van der Waals surface area contributed by atoms with Gasteiger partial charge >= 0.3 is 5.97 Å². The summed E-state index contributed by atoms with van der Waals surface area (Å²) in [5, 5.41) is 16.3. The Hall–Kier alpha value is -2.11. The molecule has 2 heterocycles. The molecule has 0 aromatic carbocycles. The molecule has 0 saturated carbocycles. The van der Waals surface area contributed by atoms with Crippen LogP contribution in [0.3, 0.4) is 0 Å². The summed E-state index contributed by atoms with van der Waals surface area (Å²) in [6.07, 6.45) is 3.45. The van der Waals surface area contributed by atoms with Crippen molar-refractivity contribution in [3.8, 4) is 0 Å². The van der Waals surface area contributed by atoms with Crippen molar-refractivity contribution in [2.45, 2.75) is 19.8 Å². The van der Waals surface area contributed by atoms with Crippen LogP contribution in [0.4, 0.5) is 5.82 Å². The fourth-order valence-corrected chi connectivity index (χ4v) is 1.51. The Morgan fingerprint density at radius 3 is 3.06 bits per heavy atom. The molecule has 0 spiro atoms. The van der Waals surface area contributed by atoms with E-state index < -0.39 is 5.97 Å². The number of aromatic carboxylic acids is 1. The number of anilines is 1. The second kappa shape index (κ2) is 4.82. The highest BCUT2D eigenvalue weighted by Crippen LogP contribution is 2.09. The van der Waals surface area contributed by atoms with Crippen LogP contribution < -0.4 is 5.32 Å². The van der Waals surface area contributed by atoms with Crippen molar-refractivity contribution in [2.75, 3.05) is 11.9 Å². The van der Waals surface area contributed by atoms with Crippen molar-refractivity contribution in [1.82, 2.24) is 14.6 Å². The standard InChI is InChI=1S/C11H14N4O2/c1-2-3-6-12-9-4-5-10-13-7-8(11(16)17)15(10)14-9/h4-5,7H,2-3,6H2,1H3,(H,12,14)(H,16,17). The number of carboxylic acid groups (broad SMARTS) is 1. The quantitative estimate of drug-likeness (QED) is 0.769. The smallest absolute Gasteiger partial charge is 0.356 e. The van der Waals surface area contributed by atoms with E-state index in [1.165, 1.54) is 10.7 Å². The number of carbonyl (C=O) groups is 1. The van der Waals surface area contributed by atoms with Crippen molar-refractivity contribution in [1.29, 1.82) is 0 Å². The Labute approximate surface area is 98.3 Å². The highest BCUT2D eigenvalue weighted by molar-refractivity contribution is 5.86. The predicted octanol–water partition coefficient (Wildman–Crippen LogP) is 1.64. The summed E-state index contributed by atoms with van der Waals surface area (Å²) in [5.41, 5.74) is 0.600. The zero-order valence-corrected chi connectivity index (χ0v) is 9.55. The molecule has 90 valence electrons. The van der Waals surface area contributed by atoms with Crippen LogP contribution in [0.15, 0.2) is 18.3 Å². The molecule has 0 fully saturated rings. The number of hydrogen-bond acceptors (Lipinski definition) is 4. The van der Waals surface area contributed by atoms with E-state index in [0.29, 0.717) is 11.5 Å². The lowest BCUT2D eigenvalue weighted by Gasteiger charge is -2.04. The van der Waals surface area contributed by atoms with Gasteiger partial charge in [0.25, 0.3) is 0 Å². The number of imidazole rings is 1. The molecule has 0 bridgehead atoms. The third kappa shape index (κ3) is 2.35.